The molecule has 1 heterocycles. The molecule has 0 N–H and O–H groups in total. The lowest BCUT2D eigenvalue weighted by Crippen LogP contribution is -2.08. The molecule has 0 fully saturated rings. The molecule has 0 radical (unpaired) electrons. The van der Waals surface area contributed by atoms with E-state index in [1.165, 1.54) is 19.2 Å². The van der Waals surface area contributed by atoms with E-state index in [-0.39, 0.29) is 32.9 Å². The van der Waals surface area contributed by atoms with Gasteiger partial charge in [0.25, 0.3) is 0 Å². The van der Waals surface area contributed by atoms with Crippen LogP contribution in [0.2, 0.25) is 0 Å². The zero-order valence-corrected chi connectivity index (χ0v) is 14.2. The van der Waals surface area contributed by atoms with Crippen molar-refractivity contribution >= 4 is 28.6 Å². The molecule has 0 spiro atoms. The third kappa shape index (κ3) is 3.59. The second-order valence-electron chi connectivity index (χ2n) is 4.30. The van der Waals surface area contributed by atoms with Crippen LogP contribution in [0.1, 0.15) is 23.0 Å². The molecule has 0 amide bonds. The van der Waals surface area contributed by atoms with E-state index >= 15 is 0 Å². The Morgan fingerprint density at radius 2 is 2.09 bits per heavy atom. The van der Waals surface area contributed by atoms with Crippen molar-refractivity contribution < 1.29 is 32.0 Å². The highest BCUT2D eigenvalue weighted by atomic mass is 127. The van der Waals surface area contributed by atoms with Crippen LogP contribution in [0.4, 0.5) is 13.2 Å². The van der Waals surface area contributed by atoms with Gasteiger partial charge in [0.15, 0.2) is 5.76 Å². The molecule has 2 rings (SSSR count). The molecule has 0 aliphatic carbocycles. The number of ether oxygens (including phenoxy) is 2. The molecular formula is C14H11F3INO4. The maximum absolute atomic E-state index is 13.3. The zero-order chi connectivity index (χ0) is 17.2. The Hall–Kier alpha value is -1.78. The van der Waals surface area contributed by atoms with Crippen LogP contribution in [0.25, 0.3) is 11.3 Å². The zero-order valence-electron chi connectivity index (χ0n) is 12.0. The van der Waals surface area contributed by atoms with Gasteiger partial charge in [-0.25, -0.2) is 4.79 Å². The van der Waals surface area contributed by atoms with E-state index < -0.39 is 17.7 Å². The summed E-state index contributed by atoms with van der Waals surface area (Å²) in [7, 11) is 1.27. The van der Waals surface area contributed by atoms with Gasteiger partial charge in [-0.15, -0.1) is 0 Å². The van der Waals surface area contributed by atoms with Gasteiger partial charge in [0.2, 0.25) is 5.69 Å². The lowest BCUT2D eigenvalue weighted by atomic mass is 10.0. The molecule has 9 heteroatoms. The summed E-state index contributed by atoms with van der Waals surface area (Å²) in [6.45, 7) is 1.73. The Morgan fingerprint density at radius 1 is 1.39 bits per heavy atom. The molecule has 1 aromatic heterocycles. The Balaban J connectivity index is 2.57. The minimum Gasteiger partial charge on any atom is -0.497 e. The number of carbonyl (C=O) groups is 1. The van der Waals surface area contributed by atoms with E-state index in [1.807, 2.05) is 0 Å². The lowest BCUT2D eigenvalue weighted by Gasteiger charge is -2.12. The van der Waals surface area contributed by atoms with Gasteiger partial charge in [-0.05, 0) is 47.7 Å². The minimum atomic E-state index is -4.62. The number of aromatic nitrogens is 1. The summed E-state index contributed by atoms with van der Waals surface area (Å²) in [5.41, 5.74) is -1.33. The number of hydrogen-bond donors (Lipinski definition) is 0. The van der Waals surface area contributed by atoms with Gasteiger partial charge in [0.1, 0.15) is 5.75 Å². The molecule has 5 nitrogen and oxygen atoms in total. The van der Waals surface area contributed by atoms with Gasteiger partial charge in [0.05, 0.1) is 22.9 Å². The van der Waals surface area contributed by atoms with Gasteiger partial charge in [0, 0.05) is 5.56 Å². The molecule has 2 aromatic rings. The van der Waals surface area contributed by atoms with Crippen molar-refractivity contribution in [2.24, 2.45) is 0 Å². The SMILES string of the molecule is CCOC(=O)c1noc(-c2ccc(OC)cc2C(F)(F)F)c1I. The molecular weight excluding hydrogens is 430 g/mol. The van der Waals surface area contributed by atoms with Crippen LogP contribution in [0, 0.1) is 3.57 Å². The fraction of sp³-hybridized carbons (Fsp3) is 0.286. The summed E-state index contributed by atoms with van der Waals surface area (Å²) in [5, 5.41) is 3.52. The smallest absolute Gasteiger partial charge is 0.417 e. The predicted molar refractivity (Wildman–Crippen MR) is 82.2 cm³/mol. The number of esters is 1. The van der Waals surface area contributed by atoms with Crippen molar-refractivity contribution in [1.82, 2.24) is 5.16 Å². The molecule has 0 bridgehead atoms. The van der Waals surface area contributed by atoms with Crippen molar-refractivity contribution in [2.75, 3.05) is 13.7 Å². The Bertz CT molecular complexity index is 727. The second-order valence-corrected chi connectivity index (χ2v) is 5.38. The van der Waals surface area contributed by atoms with Crippen molar-refractivity contribution in [2.45, 2.75) is 13.1 Å². The van der Waals surface area contributed by atoms with Crippen molar-refractivity contribution in [3.63, 3.8) is 0 Å². The van der Waals surface area contributed by atoms with Crippen LogP contribution in [-0.4, -0.2) is 24.8 Å². The summed E-state index contributed by atoms with van der Waals surface area (Å²) < 4.78 is 54.5. The van der Waals surface area contributed by atoms with Gasteiger partial charge >= 0.3 is 12.1 Å². The monoisotopic (exact) mass is 441 g/mol. The van der Waals surface area contributed by atoms with E-state index in [0.29, 0.717) is 0 Å². The first-order valence-electron chi connectivity index (χ1n) is 6.37. The third-order valence-electron chi connectivity index (χ3n) is 2.88. The van der Waals surface area contributed by atoms with E-state index in [1.54, 1.807) is 29.5 Å². The summed E-state index contributed by atoms with van der Waals surface area (Å²) in [4.78, 5) is 11.7. The predicted octanol–water partition coefficient (Wildman–Crippen LogP) is 4.15. The lowest BCUT2D eigenvalue weighted by molar-refractivity contribution is -0.137. The normalized spacial score (nSPS) is 11.4. The maximum Gasteiger partial charge on any atom is 0.417 e. The van der Waals surface area contributed by atoms with Crippen LogP contribution in [0.15, 0.2) is 22.7 Å². The van der Waals surface area contributed by atoms with Gasteiger partial charge in [-0.2, -0.15) is 13.2 Å². The van der Waals surface area contributed by atoms with Crippen LogP contribution in [0.3, 0.4) is 0 Å². The molecule has 124 valence electrons. The van der Waals surface area contributed by atoms with Crippen molar-refractivity contribution in [1.29, 1.82) is 0 Å². The Labute approximate surface area is 142 Å². The molecule has 0 aliphatic heterocycles. The highest BCUT2D eigenvalue weighted by Crippen LogP contribution is 2.41. The molecule has 23 heavy (non-hydrogen) atoms. The minimum absolute atomic E-state index is 0.0567. The molecule has 0 aliphatic rings. The number of rotatable bonds is 4. The average molecular weight is 441 g/mol. The first kappa shape index (κ1) is 17.6. The highest BCUT2D eigenvalue weighted by Gasteiger charge is 2.36. The fourth-order valence-electron chi connectivity index (χ4n) is 1.86. The van der Waals surface area contributed by atoms with E-state index in [2.05, 4.69) is 5.16 Å². The first-order valence-corrected chi connectivity index (χ1v) is 7.45. The summed E-state index contributed by atoms with van der Waals surface area (Å²) in [5.74, 6) is -0.848. The highest BCUT2D eigenvalue weighted by molar-refractivity contribution is 14.1. The topological polar surface area (TPSA) is 61.6 Å². The van der Waals surface area contributed by atoms with Gasteiger partial charge < -0.3 is 14.0 Å². The standard InChI is InChI=1S/C14H11F3INO4/c1-3-22-13(20)11-10(18)12(23-19-11)8-5-4-7(21-2)6-9(8)14(15,16)17/h4-6H,3H2,1-2H3. The number of benzene rings is 1. The number of methoxy groups -OCH3 is 1. The van der Waals surface area contributed by atoms with Crippen LogP contribution < -0.4 is 4.74 Å². The summed E-state index contributed by atoms with van der Waals surface area (Å²) in [6.07, 6.45) is -4.62. The van der Waals surface area contributed by atoms with E-state index in [9.17, 15) is 18.0 Å². The second kappa shape index (κ2) is 6.77. The number of halogens is 4. The molecule has 1 aromatic carbocycles. The largest absolute Gasteiger partial charge is 0.497 e. The number of carbonyl (C=O) groups excluding carboxylic acids is 1. The first-order chi connectivity index (χ1) is 10.8. The van der Waals surface area contributed by atoms with E-state index in [0.717, 1.165) is 6.07 Å². The van der Waals surface area contributed by atoms with Crippen LogP contribution in [0.5, 0.6) is 5.75 Å². The van der Waals surface area contributed by atoms with Gasteiger partial charge in [-0.3, -0.25) is 0 Å². The van der Waals surface area contributed by atoms with Crippen molar-refractivity contribution in [3.8, 4) is 17.1 Å². The quantitative estimate of drug-likeness (QED) is 0.527. The number of alkyl halides is 3. The molecule has 0 saturated heterocycles. The van der Waals surface area contributed by atoms with Crippen LogP contribution >= 0.6 is 22.6 Å². The number of hydrogen-bond acceptors (Lipinski definition) is 5. The number of nitrogens with zero attached hydrogens (tertiary/aromatic N) is 1. The Kier molecular flexibility index (Phi) is 5.17. The van der Waals surface area contributed by atoms with Gasteiger partial charge in [-0.1, -0.05) is 5.16 Å². The average Bonchev–Trinajstić information content (AvgIpc) is 2.87. The Morgan fingerprint density at radius 3 is 2.65 bits per heavy atom. The fourth-order valence-corrected chi connectivity index (χ4v) is 2.56. The maximum atomic E-state index is 13.3. The molecule has 0 atom stereocenters. The van der Waals surface area contributed by atoms with E-state index in [4.69, 9.17) is 14.0 Å². The summed E-state index contributed by atoms with van der Waals surface area (Å²) >= 11 is 1.70. The van der Waals surface area contributed by atoms with Crippen LogP contribution in [-0.2, 0) is 10.9 Å². The summed E-state index contributed by atoms with van der Waals surface area (Å²) in [6, 6.07) is 3.43. The third-order valence-corrected chi connectivity index (χ3v) is 3.88. The molecule has 0 saturated carbocycles. The molecule has 0 unspecified atom stereocenters. The van der Waals surface area contributed by atoms with Crippen molar-refractivity contribution in [3.05, 3.63) is 33.0 Å².